The highest BCUT2D eigenvalue weighted by Gasteiger charge is 2.27. The molecular weight excluding hydrogens is 266 g/mol. The van der Waals surface area contributed by atoms with Crippen LogP contribution in [0.1, 0.15) is 83.2 Å². The van der Waals surface area contributed by atoms with Crippen LogP contribution in [0.25, 0.3) is 0 Å². The van der Waals surface area contributed by atoms with E-state index in [4.69, 9.17) is 0 Å². The van der Waals surface area contributed by atoms with Gasteiger partial charge in [-0.05, 0) is 12.8 Å². The van der Waals surface area contributed by atoms with Crippen molar-refractivity contribution in [3.8, 4) is 0 Å². The summed E-state index contributed by atoms with van der Waals surface area (Å²) in [6.07, 6.45) is 12.5. The summed E-state index contributed by atoms with van der Waals surface area (Å²) in [7, 11) is 4.81. The molecule has 22 heavy (non-hydrogen) atoms. The van der Waals surface area contributed by atoms with Crippen molar-refractivity contribution in [2.45, 2.75) is 77.7 Å². The van der Waals surface area contributed by atoms with Crippen LogP contribution in [0.4, 0.5) is 0 Å². The highest BCUT2D eigenvalue weighted by molar-refractivity contribution is 5.17. The first-order valence-corrected chi connectivity index (χ1v) is 9.49. The first kappa shape index (κ1) is 19.2. The maximum Gasteiger partial charge on any atom is 0.114 e. The summed E-state index contributed by atoms with van der Waals surface area (Å²) in [5.74, 6) is 0. The van der Waals surface area contributed by atoms with Crippen LogP contribution < -0.4 is 0 Å². The van der Waals surface area contributed by atoms with E-state index in [9.17, 15) is 0 Å². The van der Waals surface area contributed by atoms with E-state index in [0.29, 0.717) is 6.04 Å². The number of nitrogens with zero attached hydrogens (tertiary/aromatic N) is 1. The molecule has 0 fully saturated rings. The van der Waals surface area contributed by atoms with Gasteiger partial charge in [-0.15, -0.1) is 0 Å². The van der Waals surface area contributed by atoms with Gasteiger partial charge in [0.15, 0.2) is 0 Å². The summed E-state index contributed by atoms with van der Waals surface area (Å²) in [4.78, 5) is 0. The molecule has 0 aliphatic carbocycles. The molecule has 0 aromatic heterocycles. The molecule has 0 spiro atoms. The topological polar surface area (TPSA) is 0 Å². The molecule has 126 valence electrons. The van der Waals surface area contributed by atoms with Gasteiger partial charge < -0.3 is 4.48 Å². The number of rotatable bonds is 12. The Morgan fingerprint density at radius 1 is 0.773 bits per heavy atom. The first-order valence-electron chi connectivity index (χ1n) is 9.49. The quantitative estimate of drug-likeness (QED) is 0.311. The molecule has 1 unspecified atom stereocenters. The fraction of sp³-hybridized carbons (Fsp3) is 0.714. The SMILES string of the molecule is CCCCCCCCCC[N+](C)(C)C(CC)c1ccccc1. The van der Waals surface area contributed by atoms with Crippen molar-refractivity contribution >= 4 is 0 Å². The Balaban J connectivity index is 2.30. The maximum absolute atomic E-state index is 2.41. The first-order chi connectivity index (χ1) is 10.6. The van der Waals surface area contributed by atoms with Crippen LogP contribution in [0.5, 0.6) is 0 Å². The van der Waals surface area contributed by atoms with E-state index in [1.54, 1.807) is 0 Å². The summed E-state index contributed by atoms with van der Waals surface area (Å²) < 4.78 is 1.12. The van der Waals surface area contributed by atoms with Gasteiger partial charge in [0, 0.05) is 12.0 Å². The lowest BCUT2D eigenvalue weighted by Crippen LogP contribution is -2.43. The van der Waals surface area contributed by atoms with Gasteiger partial charge >= 0.3 is 0 Å². The summed E-state index contributed by atoms with van der Waals surface area (Å²) in [6.45, 7) is 5.91. The molecule has 0 bridgehead atoms. The third kappa shape index (κ3) is 6.96. The standard InChI is InChI=1S/C21H38N/c1-5-7-8-9-10-11-12-16-19-22(3,4)21(6-2)20-17-14-13-15-18-20/h13-15,17-18,21H,5-12,16,19H2,1-4H3/q+1. The van der Waals surface area contributed by atoms with Gasteiger partial charge in [0.05, 0.1) is 20.6 Å². The zero-order chi connectivity index (χ0) is 16.3. The fourth-order valence-corrected chi connectivity index (χ4v) is 3.62. The van der Waals surface area contributed by atoms with Crippen LogP contribution in [0, 0.1) is 0 Å². The number of quaternary nitrogens is 1. The lowest BCUT2D eigenvalue weighted by molar-refractivity contribution is -0.921. The lowest BCUT2D eigenvalue weighted by atomic mass is 10.0. The molecule has 0 heterocycles. The molecule has 1 aromatic carbocycles. The van der Waals surface area contributed by atoms with Crippen LogP contribution in [0.2, 0.25) is 0 Å². The van der Waals surface area contributed by atoms with E-state index in [1.165, 1.54) is 69.9 Å². The second-order valence-corrected chi connectivity index (χ2v) is 7.31. The zero-order valence-corrected chi connectivity index (χ0v) is 15.5. The Morgan fingerprint density at radius 3 is 1.86 bits per heavy atom. The molecule has 0 radical (unpaired) electrons. The molecule has 0 aliphatic heterocycles. The molecule has 0 aliphatic rings. The second-order valence-electron chi connectivity index (χ2n) is 7.31. The minimum Gasteiger partial charge on any atom is -0.322 e. The summed E-state index contributed by atoms with van der Waals surface area (Å²) in [5.41, 5.74) is 1.49. The van der Waals surface area contributed by atoms with E-state index in [2.05, 4.69) is 58.3 Å². The smallest absolute Gasteiger partial charge is 0.114 e. The Labute approximate surface area is 139 Å². The Bertz CT molecular complexity index is 369. The number of unbranched alkanes of at least 4 members (excludes halogenated alkanes) is 7. The predicted molar refractivity (Wildman–Crippen MR) is 99.1 cm³/mol. The van der Waals surface area contributed by atoms with Gasteiger partial charge in [-0.3, -0.25) is 0 Å². The lowest BCUT2D eigenvalue weighted by Gasteiger charge is -2.38. The molecule has 1 aromatic rings. The van der Waals surface area contributed by atoms with Crippen molar-refractivity contribution < 1.29 is 4.48 Å². The zero-order valence-electron chi connectivity index (χ0n) is 15.5. The molecule has 1 atom stereocenters. The van der Waals surface area contributed by atoms with E-state index < -0.39 is 0 Å². The summed E-state index contributed by atoms with van der Waals surface area (Å²) >= 11 is 0. The van der Waals surface area contributed by atoms with Crippen molar-refractivity contribution in [1.82, 2.24) is 0 Å². The average Bonchev–Trinajstić information content (AvgIpc) is 2.51. The molecular formula is C21H38N+. The van der Waals surface area contributed by atoms with Gasteiger partial charge in [-0.25, -0.2) is 0 Å². The fourth-order valence-electron chi connectivity index (χ4n) is 3.62. The number of benzene rings is 1. The highest BCUT2D eigenvalue weighted by Crippen LogP contribution is 2.28. The van der Waals surface area contributed by atoms with Crippen molar-refractivity contribution in [2.75, 3.05) is 20.6 Å². The van der Waals surface area contributed by atoms with Crippen LogP contribution in [-0.2, 0) is 0 Å². The highest BCUT2D eigenvalue weighted by atomic mass is 15.3. The van der Waals surface area contributed by atoms with Crippen molar-refractivity contribution in [3.63, 3.8) is 0 Å². The minimum absolute atomic E-state index is 0.630. The van der Waals surface area contributed by atoms with Crippen LogP contribution in [-0.4, -0.2) is 25.1 Å². The largest absolute Gasteiger partial charge is 0.322 e. The van der Waals surface area contributed by atoms with Crippen LogP contribution >= 0.6 is 0 Å². The van der Waals surface area contributed by atoms with E-state index in [0.717, 1.165) is 4.48 Å². The van der Waals surface area contributed by atoms with E-state index >= 15 is 0 Å². The Kier molecular flexibility index (Phi) is 9.47. The minimum atomic E-state index is 0.630. The van der Waals surface area contributed by atoms with Crippen molar-refractivity contribution in [1.29, 1.82) is 0 Å². The van der Waals surface area contributed by atoms with Crippen LogP contribution in [0.15, 0.2) is 30.3 Å². The predicted octanol–water partition coefficient (Wildman–Crippen LogP) is 6.35. The summed E-state index contributed by atoms with van der Waals surface area (Å²) in [5, 5.41) is 0. The molecule has 1 nitrogen and oxygen atoms in total. The number of hydrogen-bond acceptors (Lipinski definition) is 0. The Hall–Kier alpha value is -0.820. The normalized spacial score (nSPS) is 13.3. The average molecular weight is 305 g/mol. The van der Waals surface area contributed by atoms with Gasteiger partial charge in [-0.1, -0.05) is 82.7 Å². The Morgan fingerprint density at radius 2 is 1.32 bits per heavy atom. The third-order valence-electron chi connectivity index (χ3n) is 5.00. The molecule has 0 saturated heterocycles. The maximum atomic E-state index is 2.41. The molecule has 1 heteroatoms. The van der Waals surface area contributed by atoms with Gasteiger partial charge in [0.1, 0.15) is 6.04 Å². The van der Waals surface area contributed by atoms with Gasteiger partial charge in [0.2, 0.25) is 0 Å². The van der Waals surface area contributed by atoms with Crippen LogP contribution in [0.3, 0.4) is 0 Å². The van der Waals surface area contributed by atoms with E-state index in [-0.39, 0.29) is 0 Å². The summed E-state index contributed by atoms with van der Waals surface area (Å²) in [6, 6.07) is 11.7. The number of hydrogen-bond donors (Lipinski definition) is 0. The third-order valence-corrected chi connectivity index (χ3v) is 5.00. The van der Waals surface area contributed by atoms with Gasteiger partial charge in [-0.2, -0.15) is 0 Å². The molecule has 0 saturated carbocycles. The van der Waals surface area contributed by atoms with Crippen molar-refractivity contribution in [3.05, 3.63) is 35.9 Å². The molecule has 0 N–H and O–H groups in total. The second kappa shape index (κ2) is 10.8. The molecule has 0 amide bonds. The monoisotopic (exact) mass is 304 g/mol. The molecule has 1 rings (SSSR count). The van der Waals surface area contributed by atoms with E-state index in [1.807, 2.05) is 0 Å². The van der Waals surface area contributed by atoms with Gasteiger partial charge in [0.25, 0.3) is 0 Å². The van der Waals surface area contributed by atoms with Crippen molar-refractivity contribution in [2.24, 2.45) is 0 Å².